The summed E-state index contributed by atoms with van der Waals surface area (Å²) < 4.78 is 5.11. The Morgan fingerprint density at radius 2 is 1.94 bits per heavy atom. The number of hydrogen-bond acceptors (Lipinski definition) is 2. The molecule has 0 aromatic heterocycles. The zero-order valence-corrected chi connectivity index (χ0v) is 10.6. The van der Waals surface area contributed by atoms with Crippen molar-refractivity contribution in [3.8, 4) is 5.75 Å². The second kappa shape index (κ2) is 7.15. The van der Waals surface area contributed by atoms with Crippen LogP contribution in [-0.2, 0) is 0 Å². The third kappa shape index (κ3) is 4.56. The van der Waals surface area contributed by atoms with Crippen molar-refractivity contribution in [3.05, 3.63) is 24.3 Å². The summed E-state index contributed by atoms with van der Waals surface area (Å²) in [5, 5.41) is 3.42. The average Bonchev–Trinajstić information content (AvgIpc) is 2.35. The topological polar surface area (TPSA) is 21.3 Å². The van der Waals surface area contributed by atoms with Gasteiger partial charge in [-0.2, -0.15) is 0 Å². The molecule has 0 heterocycles. The predicted octanol–water partition coefficient (Wildman–Crippen LogP) is 3.93. The highest BCUT2D eigenvalue weighted by Gasteiger charge is 1.98. The molecule has 1 N–H and O–H groups in total. The van der Waals surface area contributed by atoms with Gasteiger partial charge in [0.05, 0.1) is 7.11 Å². The van der Waals surface area contributed by atoms with Gasteiger partial charge < -0.3 is 10.1 Å². The maximum atomic E-state index is 5.11. The Hall–Kier alpha value is -1.18. The molecule has 0 saturated carbocycles. The molecule has 1 aromatic carbocycles. The van der Waals surface area contributed by atoms with Crippen LogP contribution in [0.2, 0.25) is 0 Å². The van der Waals surface area contributed by atoms with Gasteiger partial charge in [-0.25, -0.2) is 0 Å². The van der Waals surface area contributed by atoms with Crippen molar-refractivity contribution in [2.75, 3.05) is 19.0 Å². The summed E-state index contributed by atoms with van der Waals surface area (Å²) in [6.45, 7) is 5.62. The number of anilines is 1. The first-order valence-corrected chi connectivity index (χ1v) is 6.14. The van der Waals surface area contributed by atoms with Crippen molar-refractivity contribution in [2.24, 2.45) is 5.92 Å². The zero-order valence-electron chi connectivity index (χ0n) is 10.6. The van der Waals surface area contributed by atoms with Crippen LogP contribution in [0.1, 0.15) is 33.1 Å². The molecule has 0 amide bonds. The maximum absolute atomic E-state index is 5.11. The van der Waals surface area contributed by atoms with Crippen LogP contribution in [0.3, 0.4) is 0 Å². The minimum atomic E-state index is 0.845. The molecule has 1 aromatic rings. The average molecular weight is 221 g/mol. The Balaban J connectivity index is 2.21. The summed E-state index contributed by atoms with van der Waals surface area (Å²) >= 11 is 0. The Bertz CT molecular complexity index is 281. The molecule has 0 fully saturated rings. The molecule has 2 nitrogen and oxygen atoms in total. The van der Waals surface area contributed by atoms with E-state index in [2.05, 4.69) is 31.3 Å². The Kier molecular flexibility index (Phi) is 5.76. The summed E-state index contributed by atoms with van der Waals surface area (Å²) in [4.78, 5) is 0. The van der Waals surface area contributed by atoms with Crippen LogP contribution in [0.4, 0.5) is 5.69 Å². The molecule has 0 spiro atoms. The second-order valence-electron chi connectivity index (χ2n) is 4.31. The van der Waals surface area contributed by atoms with Crippen LogP contribution >= 0.6 is 0 Å². The minimum Gasteiger partial charge on any atom is -0.497 e. The smallest absolute Gasteiger partial charge is 0.119 e. The van der Waals surface area contributed by atoms with E-state index in [9.17, 15) is 0 Å². The summed E-state index contributed by atoms with van der Waals surface area (Å²) in [6.07, 6.45) is 3.82. The number of hydrogen-bond donors (Lipinski definition) is 1. The summed E-state index contributed by atoms with van der Waals surface area (Å²) in [5.74, 6) is 1.75. The SMILES string of the molecule is CCC(C)CCCNc1ccc(OC)cc1. The van der Waals surface area contributed by atoms with Gasteiger partial charge in [-0.05, 0) is 43.0 Å². The molecule has 0 bridgehead atoms. The van der Waals surface area contributed by atoms with Gasteiger partial charge >= 0.3 is 0 Å². The maximum Gasteiger partial charge on any atom is 0.119 e. The standard InChI is InChI=1S/C14H23NO/c1-4-12(2)6-5-11-15-13-7-9-14(16-3)10-8-13/h7-10,12,15H,4-6,11H2,1-3H3. The van der Waals surface area contributed by atoms with Gasteiger partial charge in [0, 0.05) is 12.2 Å². The van der Waals surface area contributed by atoms with Gasteiger partial charge in [0.1, 0.15) is 5.75 Å². The monoisotopic (exact) mass is 221 g/mol. The molecule has 1 rings (SSSR count). The van der Waals surface area contributed by atoms with Gasteiger partial charge in [0.25, 0.3) is 0 Å². The zero-order chi connectivity index (χ0) is 11.8. The lowest BCUT2D eigenvalue weighted by Gasteiger charge is -2.10. The van der Waals surface area contributed by atoms with Gasteiger partial charge in [-0.1, -0.05) is 20.3 Å². The van der Waals surface area contributed by atoms with Crippen molar-refractivity contribution in [2.45, 2.75) is 33.1 Å². The Labute approximate surface area is 99.0 Å². The highest BCUT2D eigenvalue weighted by Crippen LogP contribution is 2.15. The highest BCUT2D eigenvalue weighted by molar-refractivity contribution is 5.46. The molecule has 0 radical (unpaired) electrons. The first-order valence-electron chi connectivity index (χ1n) is 6.14. The number of nitrogens with one attached hydrogen (secondary N) is 1. The normalized spacial score (nSPS) is 12.2. The van der Waals surface area contributed by atoms with E-state index in [4.69, 9.17) is 4.74 Å². The van der Waals surface area contributed by atoms with Crippen LogP contribution in [0.25, 0.3) is 0 Å². The number of benzene rings is 1. The van der Waals surface area contributed by atoms with Crippen molar-refractivity contribution >= 4 is 5.69 Å². The van der Waals surface area contributed by atoms with Crippen LogP contribution in [0.5, 0.6) is 5.75 Å². The summed E-state index contributed by atoms with van der Waals surface area (Å²) in [5.41, 5.74) is 1.17. The van der Waals surface area contributed by atoms with Gasteiger partial charge in [0.15, 0.2) is 0 Å². The number of methoxy groups -OCH3 is 1. The number of rotatable bonds is 7. The second-order valence-corrected chi connectivity index (χ2v) is 4.31. The molecule has 1 unspecified atom stereocenters. The van der Waals surface area contributed by atoms with Crippen molar-refractivity contribution in [3.63, 3.8) is 0 Å². The van der Waals surface area contributed by atoms with Crippen LogP contribution in [0, 0.1) is 5.92 Å². The van der Waals surface area contributed by atoms with Crippen LogP contribution in [0.15, 0.2) is 24.3 Å². The molecular weight excluding hydrogens is 198 g/mol. The lowest BCUT2D eigenvalue weighted by atomic mass is 10.0. The van der Waals surface area contributed by atoms with E-state index in [0.717, 1.165) is 18.2 Å². The van der Waals surface area contributed by atoms with Crippen molar-refractivity contribution in [1.82, 2.24) is 0 Å². The third-order valence-corrected chi connectivity index (χ3v) is 2.99. The molecule has 0 saturated heterocycles. The molecule has 0 aliphatic heterocycles. The van der Waals surface area contributed by atoms with Crippen LogP contribution < -0.4 is 10.1 Å². The van der Waals surface area contributed by atoms with E-state index in [0.29, 0.717) is 0 Å². The lowest BCUT2D eigenvalue weighted by molar-refractivity contribution is 0.415. The molecule has 1 atom stereocenters. The molecule has 2 heteroatoms. The van der Waals surface area contributed by atoms with Crippen molar-refractivity contribution < 1.29 is 4.74 Å². The summed E-state index contributed by atoms with van der Waals surface area (Å²) in [7, 11) is 1.69. The van der Waals surface area contributed by atoms with Gasteiger partial charge in [-0.15, -0.1) is 0 Å². The van der Waals surface area contributed by atoms with E-state index in [1.165, 1.54) is 24.9 Å². The minimum absolute atomic E-state index is 0.845. The predicted molar refractivity (Wildman–Crippen MR) is 70.2 cm³/mol. The summed E-state index contributed by atoms with van der Waals surface area (Å²) in [6, 6.07) is 8.08. The Morgan fingerprint density at radius 1 is 1.25 bits per heavy atom. The molecule has 90 valence electrons. The van der Waals surface area contributed by atoms with Gasteiger partial charge in [-0.3, -0.25) is 0 Å². The third-order valence-electron chi connectivity index (χ3n) is 2.99. The lowest BCUT2D eigenvalue weighted by Crippen LogP contribution is -2.03. The van der Waals surface area contributed by atoms with E-state index in [-0.39, 0.29) is 0 Å². The Morgan fingerprint density at radius 3 is 2.50 bits per heavy atom. The largest absolute Gasteiger partial charge is 0.497 e. The molecule has 16 heavy (non-hydrogen) atoms. The van der Waals surface area contributed by atoms with Crippen molar-refractivity contribution in [1.29, 1.82) is 0 Å². The fourth-order valence-electron chi connectivity index (χ4n) is 1.60. The van der Waals surface area contributed by atoms with Crippen LogP contribution in [-0.4, -0.2) is 13.7 Å². The molecule has 0 aliphatic carbocycles. The first kappa shape index (κ1) is 12.9. The first-order chi connectivity index (χ1) is 7.76. The fourth-order valence-corrected chi connectivity index (χ4v) is 1.60. The fraction of sp³-hybridized carbons (Fsp3) is 0.571. The van der Waals surface area contributed by atoms with E-state index < -0.39 is 0 Å². The highest BCUT2D eigenvalue weighted by atomic mass is 16.5. The van der Waals surface area contributed by atoms with E-state index in [1.54, 1.807) is 7.11 Å². The van der Waals surface area contributed by atoms with Gasteiger partial charge in [0.2, 0.25) is 0 Å². The van der Waals surface area contributed by atoms with E-state index in [1.807, 2.05) is 12.1 Å². The molecule has 0 aliphatic rings. The number of ether oxygens (including phenoxy) is 1. The molecular formula is C14H23NO. The van der Waals surface area contributed by atoms with E-state index >= 15 is 0 Å². The quantitative estimate of drug-likeness (QED) is 0.704.